The molecule has 0 radical (unpaired) electrons. The third kappa shape index (κ3) is 5.09. The lowest BCUT2D eigenvalue weighted by Gasteiger charge is -2.45. The van der Waals surface area contributed by atoms with E-state index in [1.54, 1.807) is 0 Å². The zero-order chi connectivity index (χ0) is 24.3. The lowest BCUT2D eigenvalue weighted by atomic mass is 9.72. The van der Waals surface area contributed by atoms with Gasteiger partial charge in [-0.1, -0.05) is 48.5 Å². The van der Waals surface area contributed by atoms with E-state index < -0.39 is 0 Å². The Hall–Kier alpha value is -2.83. The third-order valence-electron chi connectivity index (χ3n) is 8.36. The second kappa shape index (κ2) is 10.4. The fourth-order valence-electron chi connectivity index (χ4n) is 6.17. The number of hydroxylamine groups is 2. The quantitative estimate of drug-likeness (QED) is 0.486. The van der Waals surface area contributed by atoms with E-state index in [4.69, 9.17) is 4.84 Å². The summed E-state index contributed by atoms with van der Waals surface area (Å²) in [5.41, 5.74) is 4.06. The summed E-state index contributed by atoms with van der Waals surface area (Å²) in [7, 11) is 4.37. The summed E-state index contributed by atoms with van der Waals surface area (Å²) >= 11 is 0. The van der Waals surface area contributed by atoms with Gasteiger partial charge in [-0.2, -0.15) is 0 Å². The third-order valence-corrected chi connectivity index (χ3v) is 8.36. The summed E-state index contributed by atoms with van der Waals surface area (Å²) in [6.07, 6.45) is 8.22. The SMILES string of the molecule is CN(C)C1(c2ccccc2)CCC(CNC(=O)ON2CCC(c3c[nH]c4ccccc34)CC2)CC1. The molecule has 1 amide bonds. The molecular formula is C29H38N4O2. The minimum absolute atomic E-state index is 0.0907. The first kappa shape index (κ1) is 23.9. The number of carbonyl (C=O) groups is 1. The van der Waals surface area contributed by atoms with E-state index in [1.807, 2.05) is 5.06 Å². The van der Waals surface area contributed by atoms with E-state index in [9.17, 15) is 4.79 Å². The van der Waals surface area contributed by atoms with Crippen molar-refractivity contribution in [3.05, 3.63) is 71.9 Å². The van der Waals surface area contributed by atoms with Crippen molar-refractivity contribution >= 4 is 17.0 Å². The average Bonchev–Trinajstić information content (AvgIpc) is 3.33. The van der Waals surface area contributed by atoms with Gasteiger partial charge in [0.15, 0.2) is 0 Å². The van der Waals surface area contributed by atoms with Crippen molar-refractivity contribution in [1.29, 1.82) is 0 Å². The number of para-hydroxylation sites is 1. The number of H-pyrrole nitrogens is 1. The van der Waals surface area contributed by atoms with Crippen LogP contribution in [0.3, 0.4) is 0 Å². The normalized spacial score (nSPS) is 24.0. The molecule has 5 rings (SSSR count). The molecule has 2 aromatic carbocycles. The fourth-order valence-corrected chi connectivity index (χ4v) is 6.17. The number of hydrogen-bond acceptors (Lipinski definition) is 4. The maximum Gasteiger partial charge on any atom is 0.426 e. The number of carbonyl (C=O) groups excluding carboxylic acids is 1. The highest BCUT2D eigenvalue weighted by Crippen LogP contribution is 2.42. The molecule has 1 aliphatic carbocycles. The standard InChI is InChI=1S/C29H38N4O2/c1-32(2)29(24-8-4-3-5-9-24)16-12-22(13-17-29)20-31-28(34)35-33-18-14-23(15-19-33)26-21-30-27-11-7-6-10-25(26)27/h3-11,21-23,30H,12-20H2,1-2H3,(H,31,34). The first-order valence-corrected chi connectivity index (χ1v) is 13.0. The second-order valence-electron chi connectivity index (χ2n) is 10.5. The first-order chi connectivity index (χ1) is 17.0. The Morgan fingerprint density at radius 1 is 1.03 bits per heavy atom. The Kier molecular flexibility index (Phi) is 7.12. The van der Waals surface area contributed by atoms with Crippen LogP contribution in [0.2, 0.25) is 0 Å². The maximum atomic E-state index is 12.5. The number of benzene rings is 2. The smallest absolute Gasteiger partial charge is 0.361 e. The molecule has 1 aliphatic heterocycles. The zero-order valence-corrected chi connectivity index (χ0v) is 21.0. The highest BCUT2D eigenvalue weighted by atomic mass is 16.7. The van der Waals surface area contributed by atoms with Gasteiger partial charge in [-0.15, -0.1) is 5.06 Å². The van der Waals surface area contributed by atoms with Gasteiger partial charge in [0.2, 0.25) is 0 Å². The monoisotopic (exact) mass is 474 g/mol. The van der Waals surface area contributed by atoms with E-state index in [2.05, 4.69) is 90.1 Å². The van der Waals surface area contributed by atoms with Gasteiger partial charge in [0.05, 0.1) is 0 Å². The molecule has 0 unspecified atom stereocenters. The van der Waals surface area contributed by atoms with Crippen LogP contribution >= 0.6 is 0 Å². The van der Waals surface area contributed by atoms with Crippen LogP contribution in [0.25, 0.3) is 10.9 Å². The van der Waals surface area contributed by atoms with Crippen LogP contribution in [0.4, 0.5) is 4.79 Å². The number of amides is 1. The molecule has 35 heavy (non-hydrogen) atoms. The highest BCUT2D eigenvalue weighted by Gasteiger charge is 2.38. The summed E-state index contributed by atoms with van der Waals surface area (Å²) in [6, 6.07) is 19.3. The van der Waals surface area contributed by atoms with Crippen molar-refractivity contribution in [2.24, 2.45) is 5.92 Å². The number of fused-ring (bicyclic) bond motifs is 1. The molecule has 1 aromatic heterocycles. The van der Waals surface area contributed by atoms with Crippen LogP contribution in [0.15, 0.2) is 60.8 Å². The Bertz CT molecular complexity index is 1110. The van der Waals surface area contributed by atoms with Gasteiger partial charge in [0.1, 0.15) is 0 Å². The molecule has 6 heteroatoms. The fraction of sp³-hybridized carbons (Fsp3) is 0.483. The van der Waals surface area contributed by atoms with Gasteiger partial charge in [0, 0.05) is 42.3 Å². The van der Waals surface area contributed by atoms with Gasteiger partial charge in [-0.05, 0) is 81.6 Å². The van der Waals surface area contributed by atoms with Crippen LogP contribution in [-0.2, 0) is 10.4 Å². The highest BCUT2D eigenvalue weighted by molar-refractivity contribution is 5.83. The molecule has 2 fully saturated rings. The summed E-state index contributed by atoms with van der Waals surface area (Å²) < 4.78 is 0. The number of aromatic nitrogens is 1. The van der Waals surface area contributed by atoms with Crippen LogP contribution in [0.5, 0.6) is 0 Å². The van der Waals surface area contributed by atoms with Gasteiger partial charge >= 0.3 is 6.09 Å². The molecule has 186 valence electrons. The Morgan fingerprint density at radius 2 is 1.71 bits per heavy atom. The molecule has 2 N–H and O–H groups in total. The van der Waals surface area contributed by atoms with Gasteiger partial charge < -0.3 is 15.1 Å². The number of hydrogen-bond donors (Lipinski definition) is 2. The predicted molar refractivity (Wildman–Crippen MR) is 140 cm³/mol. The van der Waals surface area contributed by atoms with Gasteiger partial charge in [0.25, 0.3) is 0 Å². The van der Waals surface area contributed by atoms with Crippen LogP contribution in [0.1, 0.15) is 55.6 Å². The van der Waals surface area contributed by atoms with Crippen molar-refractivity contribution in [2.45, 2.75) is 50.0 Å². The average molecular weight is 475 g/mol. The lowest BCUT2D eigenvalue weighted by molar-refractivity contribution is -0.114. The second-order valence-corrected chi connectivity index (χ2v) is 10.5. The van der Waals surface area contributed by atoms with Crippen molar-refractivity contribution in [1.82, 2.24) is 20.3 Å². The summed E-state index contributed by atoms with van der Waals surface area (Å²) in [4.78, 5) is 23.9. The van der Waals surface area contributed by atoms with Crippen LogP contribution < -0.4 is 5.32 Å². The summed E-state index contributed by atoms with van der Waals surface area (Å²) in [5.74, 6) is 0.991. The number of nitrogens with one attached hydrogen (secondary N) is 2. The number of nitrogens with zero attached hydrogens (tertiary/aromatic N) is 2. The summed E-state index contributed by atoms with van der Waals surface area (Å²) in [6.45, 7) is 2.22. The number of piperidine rings is 1. The Balaban J connectivity index is 1.06. The van der Waals surface area contributed by atoms with E-state index in [1.165, 1.54) is 22.0 Å². The molecule has 0 bridgehead atoms. The van der Waals surface area contributed by atoms with Gasteiger partial charge in [-0.3, -0.25) is 4.90 Å². The van der Waals surface area contributed by atoms with E-state index in [0.717, 1.165) is 51.6 Å². The Labute approximate surface area is 208 Å². The van der Waals surface area contributed by atoms with Crippen molar-refractivity contribution in [2.75, 3.05) is 33.7 Å². The maximum absolute atomic E-state index is 12.5. The molecular weight excluding hydrogens is 436 g/mol. The first-order valence-electron chi connectivity index (χ1n) is 13.0. The van der Waals surface area contributed by atoms with Crippen molar-refractivity contribution in [3.63, 3.8) is 0 Å². The largest absolute Gasteiger partial charge is 0.426 e. The molecule has 3 aromatic rings. The molecule has 2 heterocycles. The van der Waals surface area contributed by atoms with Crippen molar-refractivity contribution < 1.29 is 9.63 Å². The van der Waals surface area contributed by atoms with E-state index in [-0.39, 0.29) is 11.6 Å². The zero-order valence-electron chi connectivity index (χ0n) is 21.0. The number of rotatable bonds is 6. The molecule has 6 nitrogen and oxygen atoms in total. The van der Waals surface area contributed by atoms with Crippen LogP contribution in [0, 0.1) is 5.92 Å². The lowest BCUT2D eigenvalue weighted by Crippen LogP contribution is -2.46. The minimum Gasteiger partial charge on any atom is -0.361 e. The van der Waals surface area contributed by atoms with Gasteiger partial charge in [-0.25, -0.2) is 4.79 Å². The summed E-state index contributed by atoms with van der Waals surface area (Å²) in [5, 5.41) is 6.17. The molecule has 0 atom stereocenters. The Morgan fingerprint density at radius 3 is 2.43 bits per heavy atom. The predicted octanol–water partition coefficient (Wildman–Crippen LogP) is 5.64. The number of aromatic amines is 1. The minimum atomic E-state index is -0.317. The van der Waals surface area contributed by atoms with E-state index >= 15 is 0 Å². The van der Waals surface area contributed by atoms with Crippen molar-refractivity contribution in [3.8, 4) is 0 Å². The molecule has 0 spiro atoms. The van der Waals surface area contributed by atoms with E-state index in [0.29, 0.717) is 18.4 Å². The topological polar surface area (TPSA) is 60.6 Å². The molecule has 2 aliphatic rings. The molecule has 1 saturated heterocycles. The van der Waals surface area contributed by atoms with Crippen LogP contribution in [-0.4, -0.2) is 54.8 Å². The molecule has 1 saturated carbocycles.